The third-order valence-electron chi connectivity index (χ3n) is 1.75. The number of hydrogen-bond acceptors (Lipinski definition) is 4. The van der Waals surface area contributed by atoms with E-state index in [0.717, 1.165) is 5.41 Å². The van der Waals surface area contributed by atoms with Crippen LogP contribution in [0, 0.1) is 0 Å². The van der Waals surface area contributed by atoms with Crippen LogP contribution in [0.3, 0.4) is 0 Å². The van der Waals surface area contributed by atoms with Crippen LogP contribution in [0.2, 0.25) is 0 Å². The maximum atomic E-state index is 11.0. The van der Waals surface area contributed by atoms with Crippen LogP contribution < -0.4 is 0 Å². The molecule has 0 fully saturated rings. The second-order valence-electron chi connectivity index (χ2n) is 3.78. The van der Waals surface area contributed by atoms with Gasteiger partial charge in [-0.25, -0.2) is 8.42 Å². The van der Waals surface area contributed by atoms with Gasteiger partial charge in [0.05, 0.1) is 24.6 Å². The van der Waals surface area contributed by atoms with Crippen molar-refractivity contribution in [3.63, 3.8) is 0 Å². The zero-order chi connectivity index (χ0) is 11.9. The molecule has 0 aromatic carbocycles. The van der Waals surface area contributed by atoms with Crippen LogP contribution in [-0.4, -0.2) is 39.6 Å². The Kier molecular flexibility index (Phi) is 6.09. The Morgan fingerprint density at radius 2 is 2.00 bits per heavy atom. The maximum Gasteiger partial charge on any atom is 0.173 e. The second kappa shape index (κ2) is 6.25. The first kappa shape index (κ1) is 14.6. The Bertz CT molecular complexity index is 280. The molecule has 4 nitrogen and oxygen atoms in total. The fourth-order valence-electron chi connectivity index (χ4n) is 1.01. The molecule has 0 aliphatic rings. The van der Waals surface area contributed by atoms with Gasteiger partial charge in [-0.3, -0.25) is 0 Å². The van der Waals surface area contributed by atoms with E-state index >= 15 is 0 Å². The fraction of sp³-hybridized carbons (Fsp3) is 0.800. The van der Waals surface area contributed by atoms with Crippen molar-refractivity contribution in [3.8, 4) is 0 Å². The predicted molar refractivity (Wildman–Crippen MR) is 60.5 cm³/mol. The number of sulfone groups is 1. The summed E-state index contributed by atoms with van der Waals surface area (Å²) in [6, 6.07) is 0. The molecular weight excluding hydrogens is 216 g/mol. The van der Waals surface area contributed by atoms with Gasteiger partial charge in [0, 0.05) is 12.0 Å². The van der Waals surface area contributed by atoms with Crippen molar-refractivity contribution < 1.29 is 17.9 Å². The van der Waals surface area contributed by atoms with Gasteiger partial charge < -0.3 is 9.47 Å². The molecule has 0 spiro atoms. The summed E-state index contributed by atoms with van der Waals surface area (Å²) in [4.78, 5) is 0. The molecule has 5 heteroatoms. The van der Waals surface area contributed by atoms with Crippen LogP contribution in [0.4, 0.5) is 0 Å². The van der Waals surface area contributed by atoms with Gasteiger partial charge in [0.2, 0.25) is 0 Å². The van der Waals surface area contributed by atoms with Crippen molar-refractivity contribution in [2.75, 3.05) is 25.6 Å². The molecule has 0 atom stereocenters. The van der Waals surface area contributed by atoms with E-state index in [9.17, 15) is 8.42 Å². The summed E-state index contributed by atoms with van der Waals surface area (Å²) in [5.74, 6) is -0.0291. The highest BCUT2D eigenvalue weighted by Gasteiger charge is 2.17. The molecule has 0 saturated carbocycles. The Morgan fingerprint density at radius 3 is 2.47 bits per heavy atom. The van der Waals surface area contributed by atoms with Crippen molar-refractivity contribution in [2.24, 2.45) is 0 Å². The Hall–Kier alpha value is -0.390. The maximum absolute atomic E-state index is 11.0. The smallest absolute Gasteiger partial charge is 0.173 e. The summed E-state index contributed by atoms with van der Waals surface area (Å²) < 4.78 is 32.7. The molecule has 0 aromatic heterocycles. The standard InChI is InChI=1S/C10H20O4S/c1-5-14-10(3,4)9-13-7-8-15(11,12)6-2/h6H,2,5,7-9H2,1,3-4H3. The molecule has 0 aliphatic heterocycles. The summed E-state index contributed by atoms with van der Waals surface area (Å²) in [6.07, 6.45) is 0. The number of hydrogen-bond donors (Lipinski definition) is 0. The molecule has 0 rings (SSSR count). The summed E-state index contributed by atoms with van der Waals surface area (Å²) in [5.41, 5.74) is -0.368. The molecule has 0 heterocycles. The van der Waals surface area contributed by atoms with Gasteiger partial charge in [-0.2, -0.15) is 0 Å². The van der Waals surface area contributed by atoms with Crippen molar-refractivity contribution in [1.29, 1.82) is 0 Å². The van der Waals surface area contributed by atoms with Crippen LogP contribution in [0.15, 0.2) is 12.0 Å². The normalized spacial score (nSPS) is 12.7. The highest BCUT2D eigenvalue weighted by Crippen LogP contribution is 2.09. The number of ether oxygens (including phenoxy) is 2. The lowest BCUT2D eigenvalue weighted by molar-refractivity contribution is -0.0678. The molecule has 0 bridgehead atoms. The first-order valence-corrected chi connectivity index (χ1v) is 6.61. The van der Waals surface area contributed by atoms with E-state index in [1.807, 2.05) is 20.8 Å². The highest BCUT2D eigenvalue weighted by molar-refractivity contribution is 7.94. The monoisotopic (exact) mass is 236 g/mol. The molecule has 0 aliphatic carbocycles. The summed E-state index contributed by atoms with van der Waals surface area (Å²) in [6.45, 7) is 10.1. The molecule has 0 N–H and O–H groups in total. The number of rotatable bonds is 8. The summed E-state index contributed by atoms with van der Waals surface area (Å²) in [5, 5.41) is 0.948. The predicted octanol–water partition coefficient (Wildman–Crippen LogP) is 1.38. The van der Waals surface area contributed by atoms with E-state index in [2.05, 4.69) is 6.58 Å². The lowest BCUT2D eigenvalue weighted by Gasteiger charge is -2.24. The fourth-order valence-corrected chi connectivity index (χ4v) is 1.53. The van der Waals surface area contributed by atoms with Gasteiger partial charge >= 0.3 is 0 Å². The second-order valence-corrected chi connectivity index (χ2v) is 5.85. The van der Waals surface area contributed by atoms with Gasteiger partial charge in [-0.1, -0.05) is 6.58 Å². The van der Waals surface area contributed by atoms with E-state index in [-0.39, 0.29) is 18.0 Å². The molecule has 0 unspecified atom stereocenters. The quantitative estimate of drug-likeness (QED) is 0.597. The summed E-state index contributed by atoms with van der Waals surface area (Å²) >= 11 is 0. The van der Waals surface area contributed by atoms with E-state index in [4.69, 9.17) is 9.47 Å². The average Bonchev–Trinajstić information content (AvgIpc) is 2.13. The van der Waals surface area contributed by atoms with Crippen LogP contribution in [-0.2, 0) is 19.3 Å². The minimum absolute atomic E-state index is 0.0291. The molecule has 0 saturated heterocycles. The highest BCUT2D eigenvalue weighted by atomic mass is 32.2. The van der Waals surface area contributed by atoms with Crippen LogP contribution >= 0.6 is 0 Å². The lowest BCUT2D eigenvalue weighted by Crippen LogP contribution is -2.31. The van der Waals surface area contributed by atoms with Crippen LogP contribution in [0.25, 0.3) is 0 Å². The average molecular weight is 236 g/mol. The van der Waals surface area contributed by atoms with Gasteiger partial charge in [0.25, 0.3) is 0 Å². The Morgan fingerprint density at radius 1 is 1.40 bits per heavy atom. The van der Waals surface area contributed by atoms with Crippen molar-refractivity contribution in [1.82, 2.24) is 0 Å². The molecule has 0 amide bonds. The van der Waals surface area contributed by atoms with Gasteiger partial charge in [-0.05, 0) is 20.8 Å². The van der Waals surface area contributed by atoms with E-state index in [1.54, 1.807) is 0 Å². The molecule has 90 valence electrons. The minimum Gasteiger partial charge on any atom is -0.377 e. The Balaban J connectivity index is 3.76. The SMILES string of the molecule is C=CS(=O)(=O)CCOCC(C)(C)OCC. The minimum atomic E-state index is -3.15. The lowest BCUT2D eigenvalue weighted by atomic mass is 10.1. The van der Waals surface area contributed by atoms with E-state index in [1.165, 1.54) is 0 Å². The molecule has 15 heavy (non-hydrogen) atoms. The van der Waals surface area contributed by atoms with E-state index < -0.39 is 9.84 Å². The Labute approximate surface area is 92.2 Å². The zero-order valence-corrected chi connectivity index (χ0v) is 10.5. The third-order valence-corrected chi connectivity index (χ3v) is 2.99. The zero-order valence-electron chi connectivity index (χ0n) is 9.65. The van der Waals surface area contributed by atoms with Crippen molar-refractivity contribution >= 4 is 9.84 Å². The van der Waals surface area contributed by atoms with Crippen molar-refractivity contribution in [2.45, 2.75) is 26.4 Å². The van der Waals surface area contributed by atoms with E-state index in [0.29, 0.717) is 13.2 Å². The van der Waals surface area contributed by atoms with Crippen LogP contribution in [0.1, 0.15) is 20.8 Å². The molecule has 0 radical (unpaired) electrons. The largest absolute Gasteiger partial charge is 0.377 e. The topological polar surface area (TPSA) is 52.6 Å². The van der Waals surface area contributed by atoms with Crippen LogP contribution in [0.5, 0.6) is 0 Å². The van der Waals surface area contributed by atoms with Gasteiger partial charge in [0.15, 0.2) is 9.84 Å². The first-order chi connectivity index (χ1) is 6.83. The molecular formula is C10H20O4S. The van der Waals surface area contributed by atoms with Gasteiger partial charge in [-0.15, -0.1) is 0 Å². The summed E-state index contributed by atoms with van der Waals surface area (Å²) in [7, 11) is -3.15. The van der Waals surface area contributed by atoms with Crippen molar-refractivity contribution in [3.05, 3.63) is 12.0 Å². The first-order valence-electron chi connectivity index (χ1n) is 4.90. The van der Waals surface area contributed by atoms with Gasteiger partial charge in [0.1, 0.15) is 0 Å². The third kappa shape index (κ3) is 7.53. The molecule has 0 aromatic rings.